The zero-order valence-electron chi connectivity index (χ0n) is 16.3. The Morgan fingerprint density at radius 2 is 2.00 bits per heavy atom. The molecule has 0 radical (unpaired) electrons. The van der Waals surface area contributed by atoms with Crippen LogP contribution in [0.2, 0.25) is 0 Å². The summed E-state index contributed by atoms with van der Waals surface area (Å²) in [4.78, 5) is 15.9. The van der Waals surface area contributed by atoms with Crippen LogP contribution in [0.25, 0.3) is 0 Å². The average molecular weight is 386 g/mol. The van der Waals surface area contributed by atoms with Gasteiger partial charge in [0.05, 0.1) is 6.10 Å². The van der Waals surface area contributed by atoms with Crippen molar-refractivity contribution in [1.82, 2.24) is 0 Å². The molecule has 0 aliphatic carbocycles. The van der Waals surface area contributed by atoms with E-state index in [2.05, 4.69) is 24.4 Å². The smallest absolute Gasteiger partial charge is 0.227 e. The number of aliphatic hydroxyl groups is 1. The van der Waals surface area contributed by atoms with E-state index >= 15 is 0 Å². The van der Waals surface area contributed by atoms with E-state index in [0.29, 0.717) is 12.5 Å². The van der Waals surface area contributed by atoms with Crippen molar-refractivity contribution in [2.24, 2.45) is 0 Å². The van der Waals surface area contributed by atoms with Gasteiger partial charge in [-0.25, -0.2) is 0 Å². The minimum Gasteiger partial charge on any atom is -0.388 e. The lowest BCUT2D eigenvalue weighted by Gasteiger charge is -2.25. The number of amides is 1. The second-order valence-corrected chi connectivity index (χ2v) is 8.56. The molecule has 1 aromatic heterocycles. The normalized spacial score (nSPS) is 18.2. The van der Waals surface area contributed by atoms with Crippen molar-refractivity contribution in [2.45, 2.75) is 76.9 Å². The van der Waals surface area contributed by atoms with Crippen LogP contribution in [0.15, 0.2) is 41.8 Å². The zero-order valence-corrected chi connectivity index (χ0v) is 17.1. The maximum Gasteiger partial charge on any atom is 0.227 e. The van der Waals surface area contributed by atoms with Gasteiger partial charge in [0.25, 0.3) is 0 Å². The summed E-state index contributed by atoms with van der Waals surface area (Å²) in [6.45, 7) is 2.17. The Kier molecular flexibility index (Phi) is 7.48. The first kappa shape index (κ1) is 20.1. The minimum absolute atomic E-state index is 0.229. The van der Waals surface area contributed by atoms with Crippen LogP contribution < -0.4 is 4.90 Å². The number of carbonyl (C=O) groups is 1. The number of benzene rings is 1. The van der Waals surface area contributed by atoms with Crippen molar-refractivity contribution in [2.75, 3.05) is 4.90 Å². The van der Waals surface area contributed by atoms with E-state index in [4.69, 9.17) is 0 Å². The molecule has 1 aliphatic heterocycles. The van der Waals surface area contributed by atoms with Crippen molar-refractivity contribution in [3.05, 3.63) is 52.2 Å². The third kappa shape index (κ3) is 5.43. The second kappa shape index (κ2) is 10.0. The van der Waals surface area contributed by atoms with Gasteiger partial charge in [0.1, 0.15) is 0 Å². The Morgan fingerprint density at radius 3 is 2.70 bits per heavy atom. The molecule has 2 aromatic rings. The fourth-order valence-electron chi connectivity index (χ4n) is 3.95. The number of aliphatic hydroxyl groups excluding tert-OH is 1. The highest BCUT2D eigenvalue weighted by molar-refractivity contribution is 7.09. The van der Waals surface area contributed by atoms with E-state index in [1.165, 1.54) is 4.88 Å². The van der Waals surface area contributed by atoms with Gasteiger partial charge < -0.3 is 10.0 Å². The number of nitrogens with zero attached hydrogens (tertiary/aromatic N) is 1. The topological polar surface area (TPSA) is 40.5 Å². The Bertz CT molecular complexity index is 696. The number of rotatable bonds is 10. The predicted octanol–water partition coefficient (Wildman–Crippen LogP) is 5.88. The number of anilines is 1. The SMILES string of the molecule is CCCCC[C@H](O)c1ccc(N2C(=O)CC[C@@H]2CCCc2cccs2)cc1. The van der Waals surface area contributed by atoms with Gasteiger partial charge in [0, 0.05) is 23.0 Å². The van der Waals surface area contributed by atoms with E-state index in [9.17, 15) is 9.90 Å². The molecule has 0 unspecified atom stereocenters. The summed E-state index contributed by atoms with van der Waals surface area (Å²) in [6, 6.07) is 12.6. The molecule has 3 nitrogen and oxygen atoms in total. The highest BCUT2D eigenvalue weighted by atomic mass is 32.1. The van der Waals surface area contributed by atoms with Crippen LogP contribution in [-0.2, 0) is 11.2 Å². The van der Waals surface area contributed by atoms with Gasteiger partial charge in [0.15, 0.2) is 0 Å². The van der Waals surface area contributed by atoms with E-state index in [1.807, 2.05) is 40.5 Å². The summed E-state index contributed by atoms with van der Waals surface area (Å²) >= 11 is 1.81. The molecule has 1 amide bonds. The maximum atomic E-state index is 12.4. The molecular weight excluding hydrogens is 354 g/mol. The van der Waals surface area contributed by atoms with E-state index in [1.54, 1.807) is 0 Å². The standard InChI is InChI=1S/C23H31NO2S/c1-2-3-4-10-22(25)18-11-13-20(14-12-18)24-19(15-16-23(24)26)7-5-8-21-9-6-17-27-21/h6,9,11-14,17,19,22,25H,2-5,7-8,10,15-16H2,1H3/t19-,22-/m0/s1. The Hall–Kier alpha value is -1.65. The van der Waals surface area contributed by atoms with Gasteiger partial charge in [0.2, 0.25) is 5.91 Å². The lowest BCUT2D eigenvalue weighted by molar-refractivity contribution is -0.117. The summed E-state index contributed by atoms with van der Waals surface area (Å²) in [7, 11) is 0. The Morgan fingerprint density at radius 1 is 1.19 bits per heavy atom. The molecule has 27 heavy (non-hydrogen) atoms. The number of unbranched alkanes of at least 4 members (excludes halogenated alkanes) is 2. The molecule has 3 rings (SSSR count). The van der Waals surface area contributed by atoms with Crippen LogP contribution >= 0.6 is 11.3 Å². The molecule has 0 saturated carbocycles. The van der Waals surface area contributed by atoms with Crippen LogP contribution in [0.5, 0.6) is 0 Å². The van der Waals surface area contributed by atoms with Gasteiger partial charge in [-0.2, -0.15) is 0 Å². The molecular formula is C23H31NO2S. The molecule has 1 N–H and O–H groups in total. The third-order valence-corrected chi connectivity index (χ3v) is 6.44. The van der Waals surface area contributed by atoms with E-state index in [-0.39, 0.29) is 5.91 Å². The van der Waals surface area contributed by atoms with Crippen molar-refractivity contribution in [1.29, 1.82) is 0 Å². The van der Waals surface area contributed by atoms with E-state index < -0.39 is 6.10 Å². The Balaban J connectivity index is 1.58. The highest BCUT2D eigenvalue weighted by Gasteiger charge is 2.31. The zero-order chi connectivity index (χ0) is 19.1. The molecule has 0 bridgehead atoms. The molecule has 0 spiro atoms. The van der Waals surface area contributed by atoms with Gasteiger partial charge in [-0.3, -0.25) is 4.79 Å². The van der Waals surface area contributed by atoms with Crippen LogP contribution in [0.3, 0.4) is 0 Å². The van der Waals surface area contributed by atoms with Gasteiger partial charge in [-0.1, -0.05) is 44.4 Å². The maximum absolute atomic E-state index is 12.4. The van der Waals surface area contributed by atoms with Gasteiger partial charge in [-0.05, 0) is 61.2 Å². The second-order valence-electron chi connectivity index (χ2n) is 7.53. The molecule has 1 fully saturated rings. The van der Waals surface area contributed by atoms with Gasteiger partial charge >= 0.3 is 0 Å². The lowest BCUT2D eigenvalue weighted by atomic mass is 10.0. The Labute approximate surface area is 167 Å². The summed E-state index contributed by atoms with van der Waals surface area (Å²) in [6.07, 6.45) is 8.63. The summed E-state index contributed by atoms with van der Waals surface area (Å²) in [5.74, 6) is 0.229. The molecule has 4 heteroatoms. The lowest BCUT2D eigenvalue weighted by Crippen LogP contribution is -2.32. The highest BCUT2D eigenvalue weighted by Crippen LogP contribution is 2.31. The summed E-state index contributed by atoms with van der Waals surface area (Å²) in [5.41, 5.74) is 1.93. The molecule has 1 aliphatic rings. The van der Waals surface area contributed by atoms with Crippen molar-refractivity contribution < 1.29 is 9.90 Å². The third-order valence-electron chi connectivity index (χ3n) is 5.50. The van der Waals surface area contributed by atoms with Crippen molar-refractivity contribution >= 4 is 22.9 Å². The molecule has 146 valence electrons. The van der Waals surface area contributed by atoms with Crippen molar-refractivity contribution in [3.8, 4) is 0 Å². The fraction of sp³-hybridized carbons (Fsp3) is 0.522. The fourth-order valence-corrected chi connectivity index (χ4v) is 4.70. The van der Waals surface area contributed by atoms with Gasteiger partial charge in [-0.15, -0.1) is 11.3 Å². The molecule has 2 heterocycles. The number of carbonyl (C=O) groups excluding carboxylic acids is 1. The summed E-state index contributed by atoms with van der Waals surface area (Å²) < 4.78 is 0. The molecule has 2 atom stereocenters. The van der Waals surface area contributed by atoms with Crippen molar-refractivity contribution in [3.63, 3.8) is 0 Å². The summed E-state index contributed by atoms with van der Waals surface area (Å²) in [5, 5.41) is 12.5. The molecule has 1 saturated heterocycles. The first-order chi connectivity index (χ1) is 13.2. The first-order valence-electron chi connectivity index (χ1n) is 10.3. The average Bonchev–Trinajstić information content (AvgIpc) is 3.32. The minimum atomic E-state index is -0.401. The number of thiophene rings is 1. The largest absolute Gasteiger partial charge is 0.388 e. The number of hydrogen-bond acceptors (Lipinski definition) is 3. The molecule has 1 aromatic carbocycles. The van der Waals surface area contributed by atoms with Crippen LogP contribution in [0, 0.1) is 0 Å². The first-order valence-corrected chi connectivity index (χ1v) is 11.2. The number of aryl methyl sites for hydroxylation is 1. The predicted molar refractivity (Wildman–Crippen MR) is 113 cm³/mol. The monoisotopic (exact) mass is 385 g/mol. The van der Waals surface area contributed by atoms with Crippen LogP contribution in [-0.4, -0.2) is 17.1 Å². The van der Waals surface area contributed by atoms with Crippen LogP contribution in [0.1, 0.15) is 74.8 Å². The quantitative estimate of drug-likeness (QED) is 0.519. The van der Waals surface area contributed by atoms with Crippen LogP contribution in [0.4, 0.5) is 5.69 Å². The van der Waals surface area contributed by atoms with E-state index in [0.717, 1.165) is 62.6 Å². The number of hydrogen-bond donors (Lipinski definition) is 1.